The molecule has 0 aromatic heterocycles. The van der Waals surface area contributed by atoms with Gasteiger partial charge in [0.2, 0.25) is 0 Å². The molecular weight excluding hydrogens is 220 g/mol. The molecule has 0 unspecified atom stereocenters. The summed E-state index contributed by atoms with van der Waals surface area (Å²) in [7, 11) is 0. The Bertz CT molecular complexity index is 363. The fourth-order valence-electron chi connectivity index (χ4n) is 1.71. The van der Waals surface area contributed by atoms with Crippen LogP contribution in [0.1, 0.15) is 25.2 Å². The first-order valence-electron chi connectivity index (χ1n) is 5.71. The standard InChI is InChI=1S/C13H16O4/c1-10(14)16-9-12-7-8-15-13(17-12)11-5-3-2-4-6-11/h2-6,12-13H,7-9H2,1H3/t12-,13-/m0/s1. The average Bonchev–Trinajstić information content (AvgIpc) is 2.38. The van der Waals surface area contributed by atoms with E-state index in [1.54, 1.807) is 0 Å². The molecule has 1 aliphatic heterocycles. The Morgan fingerprint density at radius 1 is 1.41 bits per heavy atom. The van der Waals surface area contributed by atoms with Crippen molar-refractivity contribution in [1.82, 2.24) is 0 Å². The van der Waals surface area contributed by atoms with Crippen molar-refractivity contribution in [3.05, 3.63) is 35.9 Å². The van der Waals surface area contributed by atoms with Crippen LogP contribution in [-0.4, -0.2) is 25.3 Å². The third-order valence-electron chi connectivity index (χ3n) is 2.57. The number of benzene rings is 1. The van der Waals surface area contributed by atoms with Gasteiger partial charge in [-0.1, -0.05) is 30.3 Å². The molecule has 0 bridgehead atoms. The number of rotatable bonds is 3. The van der Waals surface area contributed by atoms with Gasteiger partial charge in [-0.05, 0) is 0 Å². The molecule has 1 aliphatic rings. The molecule has 92 valence electrons. The number of carbonyl (C=O) groups excluding carboxylic acids is 1. The first kappa shape index (κ1) is 12.1. The van der Waals surface area contributed by atoms with Crippen molar-refractivity contribution in [3.8, 4) is 0 Å². The summed E-state index contributed by atoms with van der Waals surface area (Å²) in [5.41, 5.74) is 0.986. The van der Waals surface area contributed by atoms with Gasteiger partial charge in [-0.2, -0.15) is 0 Å². The Balaban J connectivity index is 1.91. The summed E-state index contributed by atoms with van der Waals surface area (Å²) in [6, 6.07) is 9.75. The smallest absolute Gasteiger partial charge is 0.302 e. The molecule has 0 saturated carbocycles. The van der Waals surface area contributed by atoms with E-state index in [9.17, 15) is 4.79 Å². The van der Waals surface area contributed by atoms with E-state index in [1.807, 2.05) is 30.3 Å². The molecule has 4 nitrogen and oxygen atoms in total. The summed E-state index contributed by atoms with van der Waals surface area (Å²) < 4.78 is 16.2. The lowest BCUT2D eigenvalue weighted by molar-refractivity contribution is -0.227. The normalized spacial score (nSPS) is 24.3. The van der Waals surface area contributed by atoms with Crippen LogP contribution in [0.2, 0.25) is 0 Å². The molecule has 0 spiro atoms. The monoisotopic (exact) mass is 236 g/mol. The second-order valence-corrected chi connectivity index (χ2v) is 3.96. The summed E-state index contributed by atoms with van der Waals surface area (Å²) >= 11 is 0. The molecule has 1 saturated heterocycles. The van der Waals surface area contributed by atoms with Crippen LogP contribution in [0, 0.1) is 0 Å². The van der Waals surface area contributed by atoms with E-state index in [4.69, 9.17) is 14.2 Å². The fourth-order valence-corrected chi connectivity index (χ4v) is 1.71. The van der Waals surface area contributed by atoms with Crippen LogP contribution >= 0.6 is 0 Å². The summed E-state index contributed by atoms with van der Waals surface area (Å²) in [5, 5.41) is 0. The number of ether oxygens (including phenoxy) is 3. The Morgan fingerprint density at radius 2 is 2.18 bits per heavy atom. The molecule has 0 radical (unpaired) electrons. The molecule has 0 amide bonds. The van der Waals surface area contributed by atoms with Gasteiger partial charge in [0.1, 0.15) is 6.61 Å². The molecule has 0 aliphatic carbocycles. The van der Waals surface area contributed by atoms with Gasteiger partial charge in [0.15, 0.2) is 6.29 Å². The van der Waals surface area contributed by atoms with Crippen LogP contribution in [-0.2, 0) is 19.0 Å². The second kappa shape index (κ2) is 5.80. The summed E-state index contributed by atoms with van der Waals surface area (Å²) in [5.74, 6) is -0.281. The fraction of sp³-hybridized carbons (Fsp3) is 0.462. The maximum Gasteiger partial charge on any atom is 0.302 e. The van der Waals surface area contributed by atoms with Crippen LogP contribution in [0.3, 0.4) is 0 Å². The molecule has 2 atom stereocenters. The lowest BCUT2D eigenvalue weighted by atomic mass is 10.2. The first-order chi connectivity index (χ1) is 8.25. The van der Waals surface area contributed by atoms with Gasteiger partial charge in [0.25, 0.3) is 0 Å². The van der Waals surface area contributed by atoms with Crippen molar-refractivity contribution in [1.29, 1.82) is 0 Å². The van der Waals surface area contributed by atoms with E-state index >= 15 is 0 Å². The topological polar surface area (TPSA) is 44.8 Å². The van der Waals surface area contributed by atoms with Crippen LogP contribution in [0.4, 0.5) is 0 Å². The lowest BCUT2D eigenvalue weighted by Gasteiger charge is -2.30. The SMILES string of the molecule is CC(=O)OC[C@@H]1CCO[C@H](c2ccccc2)O1. The van der Waals surface area contributed by atoms with E-state index < -0.39 is 0 Å². The van der Waals surface area contributed by atoms with Crippen molar-refractivity contribution < 1.29 is 19.0 Å². The van der Waals surface area contributed by atoms with E-state index in [-0.39, 0.29) is 18.4 Å². The summed E-state index contributed by atoms with van der Waals surface area (Å²) in [6.45, 7) is 2.31. The van der Waals surface area contributed by atoms with Gasteiger partial charge in [0, 0.05) is 18.9 Å². The highest BCUT2D eigenvalue weighted by molar-refractivity contribution is 5.65. The molecule has 4 heteroatoms. The predicted octanol–water partition coefficient (Wildman–Crippen LogP) is 2.05. The highest BCUT2D eigenvalue weighted by atomic mass is 16.7. The second-order valence-electron chi connectivity index (χ2n) is 3.96. The summed E-state index contributed by atoms with van der Waals surface area (Å²) in [4.78, 5) is 10.7. The molecule has 1 fully saturated rings. The van der Waals surface area contributed by atoms with E-state index in [0.717, 1.165) is 12.0 Å². The average molecular weight is 236 g/mol. The zero-order valence-corrected chi connectivity index (χ0v) is 9.80. The van der Waals surface area contributed by atoms with Crippen LogP contribution in [0.25, 0.3) is 0 Å². The molecular formula is C13H16O4. The Kier molecular flexibility index (Phi) is 4.12. The quantitative estimate of drug-likeness (QED) is 0.753. The highest BCUT2D eigenvalue weighted by Crippen LogP contribution is 2.26. The summed E-state index contributed by atoms with van der Waals surface area (Å²) in [6.07, 6.45) is 0.305. The lowest BCUT2D eigenvalue weighted by Crippen LogP contribution is -2.31. The molecule has 1 aromatic rings. The van der Waals surface area contributed by atoms with Crippen molar-refractivity contribution in [3.63, 3.8) is 0 Å². The van der Waals surface area contributed by atoms with Gasteiger partial charge >= 0.3 is 5.97 Å². The van der Waals surface area contributed by atoms with Crippen LogP contribution in [0.15, 0.2) is 30.3 Å². The van der Waals surface area contributed by atoms with Gasteiger partial charge in [-0.15, -0.1) is 0 Å². The maximum atomic E-state index is 10.7. The van der Waals surface area contributed by atoms with Crippen LogP contribution < -0.4 is 0 Å². The largest absolute Gasteiger partial charge is 0.463 e. The molecule has 2 rings (SSSR count). The minimum atomic E-state index is -0.356. The maximum absolute atomic E-state index is 10.7. The Morgan fingerprint density at radius 3 is 2.88 bits per heavy atom. The van der Waals surface area contributed by atoms with Crippen molar-refractivity contribution in [2.24, 2.45) is 0 Å². The molecule has 1 aromatic carbocycles. The van der Waals surface area contributed by atoms with E-state index in [0.29, 0.717) is 13.2 Å². The number of hydrogen-bond acceptors (Lipinski definition) is 4. The van der Waals surface area contributed by atoms with Gasteiger partial charge in [0.05, 0.1) is 12.7 Å². The zero-order chi connectivity index (χ0) is 12.1. The van der Waals surface area contributed by atoms with Gasteiger partial charge in [-0.3, -0.25) is 4.79 Å². The number of hydrogen-bond donors (Lipinski definition) is 0. The van der Waals surface area contributed by atoms with Gasteiger partial charge < -0.3 is 14.2 Å². The van der Waals surface area contributed by atoms with Crippen molar-refractivity contribution in [2.45, 2.75) is 25.7 Å². The minimum Gasteiger partial charge on any atom is -0.463 e. The minimum absolute atomic E-state index is 0.0853. The van der Waals surface area contributed by atoms with E-state index in [1.165, 1.54) is 6.92 Å². The Labute approximate surface area is 100 Å². The van der Waals surface area contributed by atoms with Crippen molar-refractivity contribution in [2.75, 3.05) is 13.2 Å². The molecule has 0 N–H and O–H groups in total. The highest BCUT2D eigenvalue weighted by Gasteiger charge is 2.24. The van der Waals surface area contributed by atoms with Crippen LogP contribution in [0.5, 0.6) is 0 Å². The first-order valence-corrected chi connectivity index (χ1v) is 5.71. The van der Waals surface area contributed by atoms with Gasteiger partial charge in [-0.25, -0.2) is 0 Å². The number of esters is 1. The molecule has 1 heterocycles. The third-order valence-corrected chi connectivity index (χ3v) is 2.57. The predicted molar refractivity (Wildman–Crippen MR) is 61.3 cm³/mol. The van der Waals surface area contributed by atoms with Crippen molar-refractivity contribution >= 4 is 5.97 Å². The van der Waals surface area contributed by atoms with E-state index in [2.05, 4.69) is 0 Å². The Hall–Kier alpha value is -1.39. The zero-order valence-electron chi connectivity index (χ0n) is 9.80. The molecule has 17 heavy (non-hydrogen) atoms. The number of carbonyl (C=O) groups is 1. The third kappa shape index (κ3) is 3.54.